The van der Waals surface area contributed by atoms with Crippen LogP contribution in [-0.4, -0.2) is 5.91 Å². The lowest BCUT2D eigenvalue weighted by Gasteiger charge is -2.08. The maximum Gasteiger partial charge on any atom is 0.267 e. The minimum Gasteiger partial charge on any atom is -0.457 e. The van der Waals surface area contributed by atoms with Crippen LogP contribution in [-0.2, 0) is 4.79 Å². The Morgan fingerprint density at radius 1 is 0.774 bits per heavy atom. The Morgan fingerprint density at radius 2 is 1.42 bits per heavy atom. The van der Waals surface area contributed by atoms with E-state index < -0.39 is 5.91 Å². The van der Waals surface area contributed by atoms with E-state index in [2.05, 4.69) is 10.6 Å². The highest BCUT2D eigenvalue weighted by Crippen LogP contribution is 2.23. The van der Waals surface area contributed by atoms with E-state index in [1.807, 2.05) is 78.9 Å². The highest BCUT2D eigenvalue weighted by molar-refractivity contribution is 6.06. The number of carbonyl (C=O) groups is 1. The molecule has 2 N–H and O–H groups in total. The fourth-order valence-electron chi connectivity index (χ4n) is 3.01. The number of para-hydroxylation sites is 1. The van der Waals surface area contributed by atoms with Gasteiger partial charge in [0.05, 0.1) is 0 Å². The Labute approximate surface area is 180 Å². The molecule has 0 aromatic heterocycles. The van der Waals surface area contributed by atoms with E-state index in [9.17, 15) is 10.1 Å². The van der Waals surface area contributed by atoms with Gasteiger partial charge in [0.1, 0.15) is 23.1 Å². The van der Waals surface area contributed by atoms with E-state index in [1.54, 1.807) is 24.3 Å². The maximum atomic E-state index is 12.5. The van der Waals surface area contributed by atoms with Crippen molar-refractivity contribution in [1.82, 2.24) is 0 Å². The van der Waals surface area contributed by atoms with Gasteiger partial charge < -0.3 is 15.4 Å². The largest absolute Gasteiger partial charge is 0.457 e. The van der Waals surface area contributed by atoms with Gasteiger partial charge in [0, 0.05) is 17.6 Å². The highest BCUT2D eigenvalue weighted by atomic mass is 16.5. The van der Waals surface area contributed by atoms with Crippen LogP contribution in [0.25, 0.3) is 10.8 Å². The number of nitriles is 1. The van der Waals surface area contributed by atoms with Crippen LogP contribution in [0.1, 0.15) is 0 Å². The molecule has 1 amide bonds. The number of hydrogen-bond acceptors (Lipinski definition) is 4. The lowest BCUT2D eigenvalue weighted by atomic mass is 10.1. The fourth-order valence-corrected chi connectivity index (χ4v) is 3.01. The number of fused-ring (bicyclic) bond motifs is 1. The van der Waals surface area contributed by atoms with Gasteiger partial charge in [-0.1, -0.05) is 48.5 Å². The first-order valence-corrected chi connectivity index (χ1v) is 9.71. The van der Waals surface area contributed by atoms with E-state index in [1.165, 1.54) is 6.20 Å². The lowest BCUT2D eigenvalue weighted by molar-refractivity contribution is -0.112. The van der Waals surface area contributed by atoms with Gasteiger partial charge in [-0.2, -0.15) is 5.26 Å². The third kappa shape index (κ3) is 5.08. The summed E-state index contributed by atoms with van der Waals surface area (Å²) in [7, 11) is 0. The molecule has 0 fully saturated rings. The van der Waals surface area contributed by atoms with Crippen molar-refractivity contribution in [2.75, 3.05) is 10.6 Å². The van der Waals surface area contributed by atoms with Gasteiger partial charge in [-0.15, -0.1) is 0 Å². The number of amides is 1. The molecule has 0 aliphatic carbocycles. The van der Waals surface area contributed by atoms with Crippen LogP contribution in [0, 0.1) is 11.3 Å². The number of carbonyl (C=O) groups excluding carboxylic acids is 1. The minimum absolute atomic E-state index is 0.0298. The van der Waals surface area contributed by atoms with Gasteiger partial charge in [-0.3, -0.25) is 4.79 Å². The molecule has 150 valence electrons. The van der Waals surface area contributed by atoms with Crippen LogP contribution < -0.4 is 15.4 Å². The predicted molar refractivity (Wildman–Crippen MR) is 123 cm³/mol. The Bertz CT molecular complexity index is 1270. The van der Waals surface area contributed by atoms with Crippen molar-refractivity contribution in [3.63, 3.8) is 0 Å². The summed E-state index contributed by atoms with van der Waals surface area (Å²) in [5.74, 6) is 0.888. The number of ether oxygens (including phenoxy) is 1. The van der Waals surface area contributed by atoms with Crippen molar-refractivity contribution >= 4 is 28.1 Å². The molecule has 0 radical (unpaired) electrons. The second-order valence-electron chi connectivity index (χ2n) is 6.77. The molecule has 4 aromatic carbocycles. The van der Waals surface area contributed by atoms with Gasteiger partial charge in [-0.25, -0.2) is 0 Å². The van der Waals surface area contributed by atoms with Crippen LogP contribution >= 0.6 is 0 Å². The topological polar surface area (TPSA) is 74.2 Å². The van der Waals surface area contributed by atoms with Gasteiger partial charge in [0.2, 0.25) is 0 Å². The predicted octanol–water partition coefficient (Wildman–Crippen LogP) is 6.09. The van der Waals surface area contributed by atoms with E-state index >= 15 is 0 Å². The van der Waals surface area contributed by atoms with Crippen LogP contribution in [0.4, 0.5) is 11.4 Å². The molecule has 4 aromatic rings. The Balaban J connectivity index is 1.40. The molecule has 31 heavy (non-hydrogen) atoms. The molecule has 0 aliphatic heterocycles. The number of nitrogens with zero attached hydrogens (tertiary/aromatic N) is 1. The molecule has 4 rings (SSSR count). The van der Waals surface area contributed by atoms with Crippen molar-refractivity contribution in [1.29, 1.82) is 5.26 Å². The van der Waals surface area contributed by atoms with Gasteiger partial charge >= 0.3 is 0 Å². The number of rotatable bonds is 6. The zero-order chi connectivity index (χ0) is 21.5. The summed E-state index contributed by atoms with van der Waals surface area (Å²) in [6.45, 7) is 0. The molecule has 0 spiro atoms. The maximum absolute atomic E-state index is 12.5. The number of anilines is 2. The SMILES string of the molecule is N#C/C(=C/Nc1ccc2ccccc2c1)C(=O)Nc1ccc(Oc2ccccc2)cc1. The molecular formula is C26H19N3O2. The van der Waals surface area contributed by atoms with Crippen LogP contribution in [0.15, 0.2) is 109 Å². The van der Waals surface area contributed by atoms with Crippen LogP contribution in [0.2, 0.25) is 0 Å². The third-order valence-corrected chi connectivity index (χ3v) is 4.59. The summed E-state index contributed by atoms with van der Waals surface area (Å²) < 4.78 is 5.74. The summed E-state index contributed by atoms with van der Waals surface area (Å²) in [6.07, 6.45) is 1.41. The van der Waals surface area contributed by atoms with Crippen molar-refractivity contribution in [2.24, 2.45) is 0 Å². The summed E-state index contributed by atoms with van der Waals surface area (Å²) in [5.41, 5.74) is 1.33. The molecule has 0 saturated heterocycles. The second kappa shape index (κ2) is 9.29. The van der Waals surface area contributed by atoms with E-state index in [0.717, 1.165) is 22.2 Å². The van der Waals surface area contributed by atoms with Crippen molar-refractivity contribution in [2.45, 2.75) is 0 Å². The van der Waals surface area contributed by atoms with Crippen molar-refractivity contribution in [3.8, 4) is 17.6 Å². The van der Waals surface area contributed by atoms with Gasteiger partial charge in [0.15, 0.2) is 0 Å². The van der Waals surface area contributed by atoms with Crippen molar-refractivity contribution in [3.05, 3.63) is 109 Å². The average Bonchev–Trinajstić information content (AvgIpc) is 2.81. The summed E-state index contributed by atoms with van der Waals surface area (Å²) in [4.78, 5) is 12.5. The standard InChI is InChI=1S/C26H19N3O2/c27-17-21(18-28-23-11-10-19-6-4-5-7-20(19)16-23)26(30)29-22-12-14-25(15-13-22)31-24-8-2-1-3-9-24/h1-16,18,28H,(H,29,30)/b21-18-. The van der Waals surface area contributed by atoms with Crippen molar-refractivity contribution < 1.29 is 9.53 Å². The summed E-state index contributed by atoms with van der Waals surface area (Å²) >= 11 is 0. The van der Waals surface area contributed by atoms with E-state index in [0.29, 0.717) is 11.4 Å². The zero-order valence-corrected chi connectivity index (χ0v) is 16.6. The highest BCUT2D eigenvalue weighted by Gasteiger charge is 2.09. The third-order valence-electron chi connectivity index (χ3n) is 4.59. The van der Waals surface area contributed by atoms with E-state index in [4.69, 9.17) is 4.74 Å². The number of nitrogens with one attached hydrogen (secondary N) is 2. The summed E-state index contributed by atoms with van der Waals surface area (Å²) in [5, 5.41) is 17.3. The molecular weight excluding hydrogens is 386 g/mol. The molecule has 0 heterocycles. The van der Waals surface area contributed by atoms with Gasteiger partial charge in [-0.05, 0) is 59.3 Å². The first-order valence-electron chi connectivity index (χ1n) is 9.71. The normalized spacial score (nSPS) is 10.9. The summed E-state index contributed by atoms with van der Waals surface area (Å²) in [6, 6.07) is 32.2. The lowest BCUT2D eigenvalue weighted by Crippen LogP contribution is -2.14. The Kier molecular flexibility index (Phi) is 5.92. The fraction of sp³-hybridized carbons (Fsp3) is 0. The van der Waals surface area contributed by atoms with Crippen LogP contribution in [0.5, 0.6) is 11.5 Å². The average molecular weight is 405 g/mol. The molecule has 0 bridgehead atoms. The molecule has 5 heteroatoms. The quantitative estimate of drug-likeness (QED) is 0.301. The second-order valence-corrected chi connectivity index (χ2v) is 6.77. The molecule has 0 saturated carbocycles. The zero-order valence-electron chi connectivity index (χ0n) is 16.6. The Morgan fingerprint density at radius 3 is 2.16 bits per heavy atom. The molecule has 0 unspecified atom stereocenters. The molecule has 0 aliphatic rings. The van der Waals surface area contributed by atoms with Gasteiger partial charge in [0.25, 0.3) is 5.91 Å². The van der Waals surface area contributed by atoms with E-state index in [-0.39, 0.29) is 5.57 Å². The van der Waals surface area contributed by atoms with Crippen LogP contribution in [0.3, 0.4) is 0 Å². The Hall–Kier alpha value is -4.56. The minimum atomic E-state index is -0.493. The number of benzene rings is 4. The molecule has 5 nitrogen and oxygen atoms in total. The number of hydrogen-bond donors (Lipinski definition) is 2. The molecule has 0 atom stereocenters. The monoisotopic (exact) mass is 405 g/mol. The smallest absolute Gasteiger partial charge is 0.267 e. The first kappa shape index (κ1) is 19.7. The first-order chi connectivity index (χ1) is 15.2.